The number of benzene rings is 1. The van der Waals surface area contributed by atoms with E-state index in [-0.39, 0.29) is 10.7 Å². The number of pyridine rings is 1. The molecule has 0 saturated heterocycles. The van der Waals surface area contributed by atoms with Crippen LogP contribution >= 0.6 is 39.1 Å². The van der Waals surface area contributed by atoms with E-state index in [1.54, 1.807) is 6.07 Å². The van der Waals surface area contributed by atoms with Crippen LogP contribution in [-0.4, -0.2) is 4.98 Å². The molecular weight excluding hydrogens is 292 g/mol. The molecule has 5 heteroatoms. The lowest BCUT2D eigenvalue weighted by Crippen LogP contribution is -1.86. The standard InChI is InChI=1S/C9H3BrCl2FN/c10-4-1-5-6(11)3-8(12)14-9(5)7(13)2-4/h1-3H. The third-order valence-electron chi connectivity index (χ3n) is 1.75. The number of nitrogens with zero attached hydrogens (tertiary/aromatic N) is 1. The molecule has 0 aliphatic carbocycles. The Labute approximate surface area is 98.0 Å². The van der Waals surface area contributed by atoms with E-state index in [2.05, 4.69) is 20.9 Å². The fourth-order valence-electron chi connectivity index (χ4n) is 1.18. The Kier molecular flexibility index (Phi) is 2.64. The summed E-state index contributed by atoms with van der Waals surface area (Å²) in [5.41, 5.74) is 0.186. The molecule has 0 fully saturated rings. The Bertz CT molecular complexity index is 468. The van der Waals surface area contributed by atoms with Crippen LogP contribution in [0.5, 0.6) is 0 Å². The van der Waals surface area contributed by atoms with Crippen LogP contribution < -0.4 is 0 Å². The number of hydrogen-bond donors (Lipinski definition) is 0. The van der Waals surface area contributed by atoms with Gasteiger partial charge in [-0.05, 0) is 18.2 Å². The summed E-state index contributed by atoms with van der Waals surface area (Å²) in [5.74, 6) is -0.446. The maximum Gasteiger partial charge on any atom is 0.150 e. The molecule has 0 amide bonds. The summed E-state index contributed by atoms with van der Waals surface area (Å²) in [7, 11) is 0. The molecule has 72 valence electrons. The molecule has 0 unspecified atom stereocenters. The van der Waals surface area contributed by atoms with Crippen molar-refractivity contribution in [2.24, 2.45) is 0 Å². The third kappa shape index (κ3) is 1.72. The van der Waals surface area contributed by atoms with Gasteiger partial charge in [0.15, 0.2) is 5.82 Å². The topological polar surface area (TPSA) is 12.9 Å². The molecule has 1 aromatic heterocycles. The second kappa shape index (κ2) is 3.65. The lowest BCUT2D eigenvalue weighted by Gasteiger charge is -2.02. The van der Waals surface area contributed by atoms with E-state index < -0.39 is 5.82 Å². The Morgan fingerprint density at radius 2 is 1.93 bits per heavy atom. The predicted molar refractivity (Wildman–Crippen MR) is 59.4 cm³/mol. The molecule has 1 nitrogen and oxygen atoms in total. The molecular formula is C9H3BrCl2FN. The van der Waals surface area contributed by atoms with Crippen molar-refractivity contribution >= 4 is 50.0 Å². The Hall–Kier alpha value is -0.380. The fourth-order valence-corrected chi connectivity index (χ4v) is 2.11. The van der Waals surface area contributed by atoms with Crippen molar-refractivity contribution in [1.82, 2.24) is 4.98 Å². The van der Waals surface area contributed by atoms with Gasteiger partial charge in [0.05, 0.1) is 5.02 Å². The zero-order valence-electron chi connectivity index (χ0n) is 6.69. The zero-order valence-corrected chi connectivity index (χ0v) is 9.79. The molecule has 1 aromatic carbocycles. The zero-order chi connectivity index (χ0) is 10.3. The highest BCUT2D eigenvalue weighted by molar-refractivity contribution is 9.10. The smallest absolute Gasteiger partial charge is 0.150 e. The van der Waals surface area contributed by atoms with Crippen molar-refractivity contribution in [2.45, 2.75) is 0 Å². The minimum atomic E-state index is -0.446. The first-order chi connectivity index (χ1) is 6.58. The number of rotatable bonds is 0. The van der Waals surface area contributed by atoms with Crippen molar-refractivity contribution < 1.29 is 4.39 Å². The summed E-state index contributed by atoms with van der Waals surface area (Å²) in [4.78, 5) is 3.86. The van der Waals surface area contributed by atoms with E-state index in [1.165, 1.54) is 12.1 Å². The highest BCUT2D eigenvalue weighted by Crippen LogP contribution is 2.29. The summed E-state index contributed by atoms with van der Waals surface area (Å²) in [6.07, 6.45) is 0. The molecule has 0 bridgehead atoms. The summed E-state index contributed by atoms with van der Waals surface area (Å²) in [5, 5.41) is 1.12. The molecule has 14 heavy (non-hydrogen) atoms. The van der Waals surface area contributed by atoms with E-state index in [9.17, 15) is 4.39 Å². The number of halogens is 4. The van der Waals surface area contributed by atoms with Gasteiger partial charge in [0, 0.05) is 9.86 Å². The van der Waals surface area contributed by atoms with E-state index in [0.717, 1.165) is 0 Å². The van der Waals surface area contributed by atoms with E-state index >= 15 is 0 Å². The first kappa shape index (κ1) is 10.1. The van der Waals surface area contributed by atoms with Gasteiger partial charge >= 0.3 is 0 Å². The molecule has 1 heterocycles. The maximum absolute atomic E-state index is 13.4. The largest absolute Gasteiger partial charge is 0.233 e. The predicted octanol–water partition coefficient (Wildman–Crippen LogP) is 4.44. The highest BCUT2D eigenvalue weighted by atomic mass is 79.9. The molecule has 0 N–H and O–H groups in total. The van der Waals surface area contributed by atoms with E-state index in [0.29, 0.717) is 14.9 Å². The SMILES string of the molecule is Fc1cc(Br)cc2c(Cl)cc(Cl)nc12. The van der Waals surface area contributed by atoms with Crippen LogP contribution in [0.25, 0.3) is 10.9 Å². The molecule has 0 aliphatic heterocycles. The van der Waals surface area contributed by atoms with Gasteiger partial charge in [-0.1, -0.05) is 39.1 Å². The Balaban J connectivity index is 2.94. The van der Waals surface area contributed by atoms with Crippen LogP contribution in [0.2, 0.25) is 10.2 Å². The average Bonchev–Trinajstić information content (AvgIpc) is 2.07. The summed E-state index contributed by atoms with van der Waals surface area (Å²) in [6.45, 7) is 0. The number of hydrogen-bond acceptors (Lipinski definition) is 1. The summed E-state index contributed by atoms with van der Waals surface area (Å²) >= 11 is 14.7. The average molecular weight is 295 g/mol. The molecule has 0 radical (unpaired) electrons. The van der Waals surface area contributed by atoms with Crippen LogP contribution in [0.4, 0.5) is 4.39 Å². The third-order valence-corrected chi connectivity index (χ3v) is 2.71. The minimum Gasteiger partial charge on any atom is -0.233 e. The maximum atomic E-state index is 13.4. The Morgan fingerprint density at radius 3 is 2.64 bits per heavy atom. The first-order valence-electron chi connectivity index (χ1n) is 3.69. The summed E-state index contributed by atoms with van der Waals surface area (Å²) in [6, 6.07) is 4.50. The van der Waals surface area contributed by atoms with Crippen LogP contribution in [-0.2, 0) is 0 Å². The molecule has 0 saturated carbocycles. The van der Waals surface area contributed by atoms with Gasteiger partial charge < -0.3 is 0 Å². The highest BCUT2D eigenvalue weighted by Gasteiger charge is 2.08. The van der Waals surface area contributed by atoms with Gasteiger partial charge in [-0.3, -0.25) is 0 Å². The van der Waals surface area contributed by atoms with Crippen molar-refractivity contribution in [3.8, 4) is 0 Å². The van der Waals surface area contributed by atoms with Crippen molar-refractivity contribution in [1.29, 1.82) is 0 Å². The van der Waals surface area contributed by atoms with E-state index in [4.69, 9.17) is 23.2 Å². The lowest BCUT2D eigenvalue weighted by atomic mass is 10.2. The van der Waals surface area contributed by atoms with Crippen LogP contribution in [0.15, 0.2) is 22.7 Å². The van der Waals surface area contributed by atoms with Crippen molar-refractivity contribution in [3.63, 3.8) is 0 Å². The monoisotopic (exact) mass is 293 g/mol. The van der Waals surface area contributed by atoms with Gasteiger partial charge in [0.25, 0.3) is 0 Å². The first-order valence-corrected chi connectivity index (χ1v) is 5.23. The van der Waals surface area contributed by atoms with Crippen LogP contribution in [0, 0.1) is 5.82 Å². The van der Waals surface area contributed by atoms with Gasteiger partial charge in [-0.2, -0.15) is 0 Å². The summed E-state index contributed by atoms with van der Waals surface area (Å²) < 4.78 is 14.0. The molecule has 0 atom stereocenters. The molecule has 0 aliphatic rings. The van der Waals surface area contributed by atoms with Crippen LogP contribution in [0.1, 0.15) is 0 Å². The normalized spacial score (nSPS) is 10.9. The second-order valence-electron chi connectivity index (χ2n) is 2.71. The quantitative estimate of drug-likeness (QED) is 0.655. The molecule has 2 rings (SSSR count). The van der Waals surface area contributed by atoms with E-state index in [1.807, 2.05) is 0 Å². The van der Waals surface area contributed by atoms with Gasteiger partial charge in [-0.25, -0.2) is 9.37 Å². The van der Waals surface area contributed by atoms with Crippen molar-refractivity contribution in [2.75, 3.05) is 0 Å². The lowest BCUT2D eigenvalue weighted by molar-refractivity contribution is 0.636. The van der Waals surface area contributed by atoms with Gasteiger partial charge in [0.2, 0.25) is 0 Å². The number of aromatic nitrogens is 1. The Morgan fingerprint density at radius 1 is 1.21 bits per heavy atom. The molecule has 2 aromatic rings. The van der Waals surface area contributed by atoms with Gasteiger partial charge in [-0.15, -0.1) is 0 Å². The van der Waals surface area contributed by atoms with Gasteiger partial charge in [0.1, 0.15) is 10.7 Å². The van der Waals surface area contributed by atoms with Crippen LogP contribution in [0.3, 0.4) is 0 Å². The molecule has 0 spiro atoms. The minimum absolute atomic E-state index is 0.184. The second-order valence-corrected chi connectivity index (χ2v) is 4.42. The fraction of sp³-hybridized carbons (Fsp3) is 0. The number of fused-ring (bicyclic) bond motifs is 1. The van der Waals surface area contributed by atoms with Crippen molar-refractivity contribution in [3.05, 3.63) is 38.7 Å².